The highest BCUT2D eigenvalue weighted by Crippen LogP contribution is 2.25. The molecule has 0 amide bonds. The lowest BCUT2D eigenvalue weighted by Gasteiger charge is -2.42. The first kappa shape index (κ1) is 19.9. The third kappa shape index (κ3) is 4.05. The Kier molecular flexibility index (Phi) is 6.90. The zero-order valence-electron chi connectivity index (χ0n) is 13.5. The van der Waals surface area contributed by atoms with Gasteiger partial charge in [-0.3, -0.25) is 0 Å². The van der Waals surface area contributed by atoms with Crippen LogP contribution in [0.1, 0.15) is 6.92 Å². The summed E-state index contributed by atoms with van der Waals surface area (Å²) in [6.45, 7) is 1.25. The molecule has 0 saturated carbocycles. The van der Waals surface area contributed by atoms with Gasteiger partial charge in [0.1, 0.15) is 48.8 Å². The van der Waals surface area contributed by atoms with Crippen LogP contribution in [0.2, 0.25) is 0 Å². The highest BCUT2D eigenvalue weighted by atomic mass is 16.7. The molecule has 0 aliphatic carbocycles. The predicted molar refractivity (Wildman–Crippen MR) is 76.9 cm³/mol. The molecule has 7 unspecified atom stereocenters. The SMILES string of the molecule is COCC1O[C@H](OCC2OC(C)C(O)C(O)[C@@H]2O)C(O)C(O)[C@@H]1O. The maximum atomic E-state index is 9.94. The molecule has 2 aliphatic rings. The highest BCUT2D eigenvalue weighted by Gasteiger charge is 2.46. The van der Waals surface area contributed by atoms with Gasteiger partial charge in [-0.25, -0.2) is 0 Å². The van der Waals surface area contributed by atoms with Gasteiger partial charge in [0.25, 0.3) is 0 Å². The summed E-state index contributed by atoms with van der Waals surface area (Å²) >= 11 is 0. The number of rotatable bonds is 5. The Morgan fingerprint density at radius 2 is 1.25 bits per heavy atom. The molecule has 0 bridgehead atoms. The Balaban J connectivity index is 1.94. The summed E-state index contributed by atoms with van der Waals surface area (Å²) in [5, 5.41) is 58.9. The fraction of sp³-hybridized carbons (Fsp3) is 1.00. The Labute approximate surface area is 139 Å². The highest BCUT2D eigenvalue weighted by molar-refractivity contribution is 4.92. The van der Waals surface area contributed by atoms with E-state index in [-0.39, 0.29) is 13.2 Å². The van der Waals surface area contributed by atoms with Gasteiger partial charge < -0.3 is 49.6 Å². The van der Waals surface area contributed by atoms with E-state index < -0.39 is 61.2 Å². The van der Waals surface area contributed by atoms with E-state index in [0.29, 0.717) is 0 Å². The van der Waals surface area contributed by atoms with Crippen LogP contribution in [-0.4, -0.2) is 112 Å². The van der Waals surface area contributed by atoms with Crippen LogP contribution < -0.4 is 0 Å². The molecule has 2 aliphatic heterocycles. The molecule has 6 N–H and O–H groups in total. The first-order valence-corrected chi connectivity index (χ1v) is 7.77. The van der Waals surface area contributed by atoms with Crippen LogP contribution in [0.5, 0.6) is 0 Å². The standard InChI is InChI=1S/C14H26O10/c1-5-8(15)11(18)10(17)7(23-5)4-22-14-13(20)12(19)9(16)6(24-14)3-21-2/h5-20H,3-4H2,1-2H3/t5?,6?,7?,8?,9-,10-,11?,12?,13?,14+/m1/s1. The Bertz CT molecular complexity index is 396. The normalized spacial score (nSPS) is 50.0. The topological polar surface area (TPSA) is 158 Å². The van der Waals surface area contributed by atoms with Crippen molar-refractivity contribution in [2.45, 2.75) is 68.1 Å². The van der Waals surface area contributed by atoms with Crippen molar-refractivity contribution in [1.82, 2.24) is 0 Å². The molecule has 142 valence electrons. The molecule has 0 radical (unpaired) electrons. The molecule has 24 heavy (non-hydrogen) atoms. The number of aliphatic hydroxyl groups excluding tert-OH is 6. The lowest BCUT2D eigenvalue weighted by Crippen LogP contribution is -2.61. The van der Waals surface area contributed by atoms with Crippen molar-refractivity contribution in [3.05, 3.63) is 0 Å². The van der Waals surface area contributed by atoms with Crippen molar-refractivity contribution in [3.63, 3.8) is 0 Å². The van der Waals surface area contributed by atoms with E-state index in [1.807, 2.05) is 0 Å². The minimum absolute atomic E-state index is 0.0186. The molecule has 0 aromatic rings. The predicted octanol–water partition coefficient (Wildman–Crippen LogP) is -3.67. The molecule has 10 nitrogen and oxygen atoms in total. The largest absolute Gasteiger partial charge is 0.388 e. The van der Waals surface area contributed by atoms with Crippen molar-refractivity contribution < 1.29 is 49.6 Å². The molecular weight excluding hydrogens is 328 g/mol. The molecule has 2 fully saturated rings. The summed E-state index contributed by atoms with van der Waals surface area (Å²) in [6, 6.07) is 0. The molecule has 2 saturated heterocycles. The van der Waals surface area contributed by atoms with Crippen molar-refractivity contribution in [3.8, 4) is 0 Å². The summed E-state index contributed by atoms with van der Waals surface area (Å²) in [7, 11) is 1.39. The quantitative estimate of drug-likeness (QED) is 0.290. The van der Waals surface area contributed by atoms with Crippen molar-refractivity contribution in [2.24, 2.45) is 0 Å². The number of ether oxygens (including phenoxy) is 4. The Hall–Kier alpha value is -0.400. The first-order valence-electron chi connectivity index (χ1n) is 7.77. The summed E-state index contributed by atoms with van der Waals surface area (Å²) in [6.07, 6.45) is -12.2. The van der Waals surface area contributed by atoms with Crippen molar-refractivity contribution in [2.75, 3.05) is 20.3 Å². The molecule has 0 spiro atoms. The fourth-order valence-electron chi connectivity index (χ4n) is 2.82. The maximum Gasteiger partial charge on any atom is 0.186 e. The fourth-order valence-corrected chi connectivity index (χ4v) is 2.82. The smallest absolute Gasteiger partial charge is 0.186 e. The second-order valence-electron chi connectivity index (χ2n) is 6.15. The van der Waals surface area contributed by atoms with E-state index in [0.717, 1.165) is 0 Å². The number of aliphatic hydroxyl groups is 6. The molecule has 0 aromatic heterocycles. The summed E-state index contributed by atoms with van der Waals surface area (Å²) in [5.41, 5.74) is 0. The van der Waals surface area contributed by atoms with Crippen LogP contribution in [0.3, 0.4) is 0 Å². The van der Waals surface area contributed by atoms with E-state index in [2.05, 4.69) is 0 Å². The van der Waals surface area contributed by atoms with Gasteiger partial charge in [-0.1, -0.05) is 0 Å². The average Bonchev–Trinajstić information content (AvgIpc) is 2.56. The number of hydrogen-bond acceptors (Lipinski definition) is 10. The molecule has 10 heteroatoms. The molecular formula is C14H26O10. The van der Waals surface area contributed by atoms with Gasteiger partial charge in [0.2, 0.25) is 0 Å². The van der Waals surface area contributed by atoms with Gasteiger partial charge in [0, 0.05) is 7.11 Å². The van der Waals surface area contributed by atoms with E-state index >= 15 is 0 Å². The van der Waals surface area contributed by atoms with Crippen molar-refractivity contribution >= 4 is 0 Å². The first-order chi connectivity index (χ1) is 11.3. The summed E-state index contributed by atoms with van der Waals surface area (Å²) in [5.74, 6) is 0. The van der Waals surface area contributed by atoms with E-state index in [4.69, 9.17) is 18.9 Å². The van der Waals surface area contributed by atoms with Crippen LogP contribution in [0.4, 0.5) is 0 Å². The van der Waals surface area contributed by atoms with Gasteiger partial charge in [-0.2, -0.15) is 0 Å². The van der Waals surface area contributed by atoms with E-state index in [1.54, 1.807) is 0 Å². The average molecular weight is 354 g/mol. The zero-order valence-corrected chi connectivity index (χ0v) is 13.5. The van der Waals surface area contributed by atoms with E-state index in [1.165, 1.54) is 14.0 Å². The van der Waals surface area contributed by atoms with Crippen LogP contribution in [0.15, 0.2) is 0 Å². The molecule has 10 atom stereocenters. The third-order valence-electron chi connectivity index (χ3n) is 4.38. The number of hydrogen-bond donors (Lipinski definition) is 6. The van der Waals surface area contributed by atoms with Crippen LogP contribution in [0, 0.1) is 0 Å². The molecule has 2 rings (SSSR count). The molecule has 2 heterocycles. The monoisotopic (exact) mass is 354 g/mol. The van der Waals surface area contributed by atoms with Crippen molar-refractivity contribution in [1.29, 1.82) is 0 Å². The van der Waals surface area contributed by atoms with Crippen LogP contribution >= 0.6 is 0 Å². The zero-order chi connectivity index (χ0) is 18.0. The van der Waals surface area contributed by atoms with Gasteiger partial charge in [0.05, 0.1) is 19.3 Å². The maximum absolute atomic E-state index is 9.94. The Morgan fingerprint density at radius 3 is 1.83 bits per heavy atom. The summed E-state index contributed by atoms with van der Waals surface area (Å²) < 4.78 is 21.0. The number of methoxy groups -OCH3 is 1. The third-order valence-corrected chi connectivity index (χ3v) is 4.38. The lowest BCUT2D eigenvalue weighted by molar-refractivity contribution is -0.314. The van der Waals surface area contributed by atoms with Gasteiger partial charge in [-0.15, -0.1) is 0 Å². The van der Waals surface area contributed by atoms with Gasteiger partial charge in [-0.05, 0) is 6.92 Å². The lowest BCUT2D eigenvalue weighted by atomic mass is 9.96. The Morgan fingerprint density at radius 1 is 0.708 bits per heavy atom. The van der Waals surface area contributed by atoms with Crippen LogP contribution in [-0.2, 0) is 18.9 Å². The minimum Gasteiger partial charge on any atom is -0.388 e. The second kappa shape index (κ2) is 8.32. The van der Waals surface area contributed by atoms with E-state index in [9.17, 15) is 30.6 Å². The van der Waals surface area contributed by atoms with Gasteiger partial charge >= 0.3 is 0 Å². The van der Waals surface area contributed by atoms with Crippen LogP contribution in [0.25, 0.3) is 0 Å². The molecule has 0 aromatic carbocycles. The second-order valence-corrected chi connectivity index (χ2v) is 6.15. The minimum atomic E-state index is -1.51. The summed E-state index contributed by atoms with van der Waals surface area (Å²) in [4.78, 5) is 0. The van der Waals surface area contributed by atoms with Gasteiger partial charge in [0.15, 0.2) is 6.29 Å².